The lowest BCUT2D eigenvalue weighted by Gasteiger charge is -2.52. The summed E-state index contributed by atoms with van der Waals surface area (Å²) in [5.74, 6) is 2.04. The number of pyridine rings is 1. The van der Waals surface area contributed by atoms with Crippen molar-refractivity contribution in [3.05, 3.63) is 96.7 Å². The molecule has 200 valence electrons. The van der Waals surface area contributed by atoms with Crippen molar-refractivity contribution in [1.82, 2.24) is 20.5 Å². The molecule has 6 atom stereocenters. The maximum atomic E-state index is 6.00. The van der Waals surface area contributed by atoms with E-state index in [9.17, 15) is 0 Å². The molecule has 0 amide bonds. The molecule has 3 aliphatic rings. The number of piperidine rings is 3. The lowest BCUT2D eigenvalue weighted by molar-refractivity contribution is 0.00428. The van der Waals surface area contributed by atoms with E-state index in [1.54, 1.807) is 7.11 Å². The highest BCUT2D eigenvalue weighted by Crippen LogP contribution is 2.42. The van der Waals surface area contributed by atoms with Gasteiger partial charge in [-0.25, -0.2) is 0 Å². The number of thiocarbonyl (C=S) groups is 1. The molecule has 1 unspecified atom stereocenters. The van der Waals surface area contributed by atoms with Crippen LogP contribution in [0.5, 0.6) is 5.75 Å². The van der Waals surface area contributed by atoms with Gasteiger partial charge in [0, 0.05) is 24.2 Å². The summed E-state index contributed by atoms with van der Waals surface area (Å²) in [6.07, 6.45) is 6.41. The van der Waals surface area contributed by atoms with E-state index < -0.39 is 0 Å². The molecule has 0 spiro atoms. The number of rotatable bonds is 7. The Kier molecular flexibility index (Phi) is 7.24. The van der Waals surface area contributed by atoms with Crippen LogP contribution >= 0.6 is 12.2 Å². The summed E-state index contributed by atoms with van der Waals surface area (Å²) >= 11 is 6.00. The Labute approximate surface area is 236 Å². The second-order valence-electron chi connectivity index (χ2n) is 10.9. The Bertz CT molecular complexity index is 1520. The van der Waals surface area contributed by atoms with Crippen molar-refractivity contribution < 1.29 is 4.74 Å². The third-order valence-corrected chi connectivity index (χ3v) is 9.02. The normalized spacial score (nSPS) is 23.7. The van der Waals surface area contributed by atoms with Crippen LogP contribution in [-0.2, 0) is 0 Å². The molecule has 0 saturated carbocycles. The van der Waals surface area contributed by atoms with Gasteiger partial charge in [0.15, 0.2) is 5.11 Å². The van der Waals surface area contributed by atoms with Gasteiger partial charge in [0.25, 0.3) is 0 Å². The van der Waals surface area contributed by atoms with Gasteiger partial charge in [-0.1, -0.05) is 48.5 Å². The Morgan fingerprint density at radius 2 is 1.92 bits per heavy atom. The standard InChI is InChI=1S/C33H36N4OS/c1-4-22-20-37-17-15-24(22)18-31(37)32(28-14-16-34-30-13-12-25(38-3)19-29(28)30)36-33(39)35-21(2)26-11-7-9-23-8-5-6-10-27(23)26/h4-14,16,19,21-22,24,31-32H,1,15,17-18,20H2,2-3H3,(H2,35,36,39)/t21-,22-,24-,31+,32+/m0/s1. The van der Waals surface area contributed by atoms with E-state index in [1.165, 1.54) is 28.3 Å². The minimum Gasteiger partial charge on any atom is -0.497 e. The van der Waals surface area contributed by atoms with Crippen LogP contribution in [0.3, 0.4) is 0 Å². The zero-order valence-corrected chi connectivity index (χ0v) is 23.5. The lowest BCUT2D eigenvalue weighted by Crippen LogP contribution is -2.58. The van der Waals surface area contributed by atoms with Crippen LogP contribution in [0.4, 0.5) is 0 Å². The van der Waals surface area contributed by atoms with Crippen molar-refractivity contribution in [3.63, 3.8) is 0 Å². The van der Waals surface area contributed by atoms with E-state index in [4.69, 9.17) is 17.0 Å². The fraction of sp³-hybridized carbons (Fsp3) is 0.333. The number of hydrogen-bond acceptors (Lipinski definition) is 4. The summed E-state index contributed by atoms with van der Waals surface area (Å²) < 4.78 is 5.59. The Hall–Kier alpha value is -3.48. The van der Waals surface area contributed by atoms with Gasteiger partial charge < -0.3 is 15.4 Å². The number of hydrogen-bond donors (Lipinski definition) is 2. The number of benzene rings is 3. The summed E-state index contributed by atoms with van der Waals surface area (Å²) in [5.41, 5.74) is 3.40. The maximum Gasteiger partial charge on any atom is 0.167 e. The molecule has 4 heterocycles. The first kappa shape index (κ1) is 25.8. The molecular formula is C33H36N4OS. The van der Waals surface area contributed by atoms with Gasteiger partial charge in [-0.15, -0.1) is 6.58 Å². The zero-order valence-electron chi connectivity index (χ0n) is 22.6. The van der Waals surface area contributed by atoms with Gasteiger partial charge in [0.05, 0.1) is 24.7 Å². The smallest absolute Gasteiger partial charge is 0.167 e. The molecule has 39 heavy (non-hydrogen) atoms. The summed E-state index contributed by atoms with van der Waals surface area (Å²) in [4.78, 5) is 7.29. The van der Waals surface area contributed by atoms with Crippen LogP contribution in [0.25, 0.3) is 21.7 Å². The molecule has 0 radical (unpaired) electrons. The minimum atomic E-state index is 0.0101. The second-order valence-corrected chi connectivity index (χ2v) is 11.3. The van der Waals surface area contributed by atoms with Crippen LogP contribution in [0.2, 0.25) is 0 Å². The van der Waals surface area contributed by atoms with Gasteiger partial charge in [0.1, 0.15) is 5.75 Å². The number of fused-ring (bicyclic) bond motifs is 5. The summed E-state index contributed by atoms with van der Waals surface area (Å²) in [7, 11) is 1.71. The molecule has 7 rings (SSSR count). The van der Waals surface area contributed by atoms with E-state index in [0.717, 1.165) is 36.2 Å². The highest BCUT2D eigenvalue weighted by molar-refractivity contribution is 7.80. The molecule has 3 fully saturated rings. The molecule has 0 aliphatic carbocycles. The molecule has 1 aromatic heterocycles. The van der Waals surface area contributed by atoms with Gasteiger partial charge in [-0.05, 0) is 96.5 Å². The fourth-order valence-corrected chi connectivity index (χ4v) is 7.04. The van der Waals surface area contributed by atoms with Crippen molar-refractivity contribution in [2.45, 2.75) is 37.9 Å². The first-order chi connectivity index (χ1) is 19.1. The molecule has 2 bridgehead atoms. The predicted molar refractivity (Wildman–Crippen MR) is 164 cm³/mol. The summed E-state index contributed by atoms with van der Waals surface area (Å²) in [6, 6.07) is 23.6. The number of nitrogens with one attached hydrogen (secondary N) is 2. The van der Waals surface area contributed by atoms with Gasteiger partial charge in [0.2, 0.25) is 0 Å². The molecule has 3 saturated heterocycles. The molecule has 5 nitrogen and oxygen atoms in total. The second kappa shape index (κ2) is 10.9. The Morgan fingerprint density at radius 1 is 1.08 bits per heavy atom. The van der Waals surface area contributed by atoms with E-state index in [1.807, 2.05) is 18.3 Å². The largest absolute Gasteiger partial charge is 0.497 e. The van der Waals surface area contributed by atoms with Crippen molar-refractivity contribution in [2.75, 3.05) is 20.2 Å². The zero-order chi connectivity index (χ0) is 26.9. The quantitative estimate of drug-likeness (QED) is 0.206. The van der Waals surface area contributed by atoms with Crippen LogP contribution in [0, 0.1) is 11.8 Å². The lowest BCUT2D eigenvalue weighted by atomic mass is 9.73. The average Bonchev–Trinajstić information content (AvgIpc) is 2.99. The number of aromatic nitrogens is 1. The Balaban J connectivity index is 1.33. The average molecular weight is 537 g/mol. The van der Waals surface area contributed by atoms with Gasteiger partial charge in [-0.2, -0.15) is 0 Å². The fourth-order valence-electron chi connectivity index (χ4n) is 6.74. The first-order valence-corrected chi connectivity index (χ1v) is 14.3. The van der Waals surface area contributed by atoms with Crippen molar-refractivity contribution in [1.29, 1.82) is 0 Å². The number of nitrogens with zero attached hydrogens (tertiary/aromatic N) is 2. The molecule has 3 aliphatic heterocycles. The number of methoxy groups -OCH3 is 1. The van der Waals surface area contributed by atoms with Crippen LogP contribution < -0.4 is 15.4 Å². The molecule has 4 aromatic rings. The number of ether oxygens (including phenoxy) is 1. The summed E-state index contributed by atoms with van der Waals surface area (Å²) in [5, 5.41) is 11.6. The highest BCUT2D eigenvalue weighted by atomic mass is 32.1. The van der Waals surface area contributed by atoms with E-state index in [2.05, 4.69) is 94.7 Å². The van der Waals surface area contributed by atoms with E-state index in [0.29, 0.717) is 23.0 Å². The van der Waals surface area contributed by atoms with Gasteiger partial charge >= 0.3 is 0 Å². The highest BCUT2D eigenvalue weighted by Gasteiger charge is 2.43. The third kappa shape index (κ3) is 4.99. The predicted octanol–water partition coefficient (Wildman–Crippen LogP) is 6.56. The molecule has 6 heteroatoms. The van der Waals surface area contributed by atoms with Crippen LogP contribution in [-0.4, -0.2) is 41.2 Å². The molecule has 3 aromatic carbocycles. The van der Waals surface area contributed by atoms with E-state index >= 15 is 0 Å². The maximum absolute atomic E-state index is 6.00. The monoisotopic (exact) mass is 536 g/mol. The van der Waals surface area contributed by atoms with Crippen LogP contribution in [0.15, 0.2) is 85.6 Å². The topological polar surface area (TPSA) is 49.4 Å². The van der Waals surface area contributed by atoms with Gasteiger partial charge in [-0.3, -0.25) is 9.88 Å². The SMILES string of the molecule is C=C[C@H]1CN2CC[C@H]1C[C@@H]2[C@H](NC(=S)N[C@@H](C)c1cccc2ccccc12)c1ccnc2ccc(OC)cc12. The Morgan fingerprint density at radius 3 is 2.72 bits per heavy atom. The molecular weight excluding hydrogens is 500 g/mol. The minimum absolute atomic E-state index is 0.0101. The van der Waals surface area contributed by atoms with Crippen molar-refractivity contribution in [2.24, 2.45) is 11.8 Å². The van der Waals surface area contributed by atoms with Crippen molar-refractivity contribution >= 4 is 39.0 Å². The van der Waals surface area contributed by atoms with E-state index in [-0.39, 0.29) is 12.1 Å². The first-order valence-electron chi connectivity index (χ1n) is 13.9. The molecule has 2 N–H and O–H groups in total. The van der Waals surface area contributed by atoms with Crippen LogP contribution in [0.1, 0.15) is 43.0 Å². The third-order valence-electron chi connectivity index (χ3n) is 8.78. The summed E-state index contributed by atoms with van der Waals surface area (Å²) in [6.45, 7) is 8.47. The van der Waals surface area contributed by atoms with Crippen molar-refractivity contribution in [3.8, 4) is 5.75 Å².